The summed E-state index contributed by atoms with van der Waals surface area (Å²) < 4.78 is 43.3. The normalized spacial score (nSPS) is 11.8. The van der Waals surface area contributed by atoms with Gasteiger partial charge in [-0.05, 0) is 54.7 Å². The van der Waals surface area contributed by atoms with Crippen molar-refractivity contribution in [2.45, 2.75) is 44.5 Å². The molecule has 206 valence electrons. The molecule has 0 radical (unpaired) electrons. The van der Waals surface area contributed by atoms with Crippen LogP contribution in [0.4, 0.5) is 23.7 Å². The standard InChI is InChI=1S/C29H30F3N3O4/c30-29(31,32)23-16-14-21(15-17-23)19-26(36)33-18-8-7-13-25(27(37)34-24-11-5-2-6-12-24)35-28(38)39-20-22-9-3-1-4-10-22/h1-6,9-12,14-17,25H,7-8,13,18-20H2,(H,33,36)(H,34,37)(H,35,38)/t25-/m0/s1. The molecule has 3 aromatic carbocycles. The van der Waals surface area contributed by atoms with Crippen LogP contribution < -0.4 is 16.0 Å². The summed E-state index contributed by atoms with van der Waals surface area (Å²) >= 11 is 0. The summed E-state index contributed by atoms with van der Waals surface area (Å²) in [5, 5.41) is 8.11. The molecular formula is C29H30F3N3O4. The van der Waals surface area contributed by atoms with Gasteiger partial charge in [-0.2, -0.15) is 13.2 Å². The number of anilines is 1. The highest BCUT2D eigenvalue weighted by Crippen LogP contribution is 2.29. The summed E-state index contributed by atoms with van der Waals surface area (Å²) in [6, 6.07) is 21.6. The van der Waals surface area contributed by atoms with Crippen molar-refractivity contribution < 1.29 is 32.3 Å². The van der Waals surface area contributed by atoms with Gasteiger partial charge in [-0.15, -0.1) is 0 Å². The van der Waals surface area contributed by atoms with Crippen molar-refractivity contribution in [1.29, 1.82) is 0 Å². The van der Waals surface area contributed by atoms with Crippen molar-refractivity contribution in [3.8, 4) is 0 Å². The predicted octanol–water partition coefficient (Wildman–Crippen LogP) is 5.47. The lowest BCUT2D eigenvalue weighted by atomic mass is 10.1. The van der Waals surface area contributed by atoms with Crippen LogP contribution in [0, 0.1) is 0 Å². The molecule has 7 nitrogen and oxygen atoms in total. The average Bonchev–Trinajstić information content (AvgIpc) is 2.92. The van der Waals surface area contributed by atoms with Gasteiger partial charge < -0.3 is 20.7 Å². The van der Waals surface area contributed by atoms with Crippen molar-refractivity contribution in [2.75, 3.05) is 11.9 Å². The Hall–Kier alpha value is -4.34. The Morgan fingerprint density at radius 1 is 0.795 bits per heavy atom. The monoisotopic (exact) mass is 541 g/mol. The van der Waals surface area contributed by atoms with E-state index in [2.05, 4.69) is 16.0 Å². The van der Waals surface area contributed by atoms with Crippen LogP contribution in [0.1, 0.15) is 36.0 Å². The molecule has 0 spiro atoms. The van der Waals surface area contributed by atoms with E-state index < -0.39 is 29.8 Å². The van der Waals surface area contributed by atoms with Gasteiger partial charge in [0.05, 0.1) is 12.0 Å². The van der Waals surface area contributed by atoms with Crippen molar-refractivity contribution >= 4 is 23.6 Å². The van der Waals surface area contributed by atoms with Gasteiger partial charge in [-0.3, -0.25) is 9.59 Å². The van der Waals surface area contributed by atoms with Gasteiger partial charge in [0.25, 0.3) is 0 Å². The van der Waals surface area contributed by atoms with E-state index in [0.29, 0.717) is 37.1 Å². The number of benzene rings is 3. The molecule has 0 aliphatic carbocycles. The highest BCUT2D eigenvalue weighted by Gasteiger charge is 2.30. The van der Waals surface area contributed by atoms with E-state index in [1.807, 2.05) is 36.4 Å². The summed E-state index contributed by atoms with van der Waals surface area (Å²) in [6.45, 7) is 0.371. The topological polar surface area (TPSA) is 96.5 Å². The minimum Gasteiger partial charge on any atom is -0.445 e. The molecule has 0 aliphatic rings. The molecule has 10 heteroatoms. The fraction of sp³-hybridized carbons (Fsp3) is 0.276. The Labute approximate surface area is 224 Å². The second-order valence-electron chi connectivity index (χ2n) is 8.83. The molecule has 3 rings (SSSR count). The molecule has 0 unspecified atom stereocenters. The van der Waals surface area contributed by atoms with Crippen LogP contribution in [0.5, 0.6) is 0 Å². The Morgan fingerprint density at radius 3 is 2.08 bits per heavy atom. The van der Waals surface area contributed by atoms with Gasteiger partial charge in [-0.1, -0.05) is 60.7 Å². The van der Waals surface area contributed by atoms with E-state index in [0.717, 1.165) is 17.7 Å². The molecular weight excluding hydrogens is 511 g/mol. The third-order valence-electron chi connectivity index (χ3n) is 5.75. The Morgan fingerprint density at radius 2 is 1.44 bits per heavy atom. The van der Waals surface area contributed by atoms with Gasteiger partial charge in [0.2, 0.25) is 11.8 Å². The zero-order valence-corrected chi connectivity index (χ0v) is 21.2. The second kappa shape index (κ2) is 14.6. The highest BCUT2D eigenvalue weighted by molar-refractivity contribution is 5.96. The smallest absolute Gasteiger partial charge is 0.416 e. The third-order valence-corrected chi connectivity index (χ3v) is 5.75. The van der Waals surface area contributed by atoms with E-state index in [4.69, 9.17) is 4.74 Å². The van der Waals surface area contributed by atoms with E-state index in [9.17, 15) is 27.6 Å². The van der Waals surface area contributed by atoms with E-state index in [1.54, 1.807) is 24.3 Å². The molecule has 0 bridgehead atoms. The SMILES string of the molecule is O=C(Cc1ccc(C(F)(F)F)cc1)NCCCC[C@H](NC(=O)OCc1ccccc1)C(=O)Nc1ccccc1. The number of hydrogen-bond acceptors (Lipinski definition) is 4. The summed E-state index contributed by atoms with van der Waals surface area (Å²) in [4.78, 5) is 37.4. The van der Waals surface area contributed by atoms with Crippen LogP contribution >= 0.6 is 0 Å². The number of carbonyl (C=O) groups excluding carboxylic acids is 3. The molecule has 0 fully saturated rings. The number of rotatable bonds is 12. The molecule has 0 saturated heterocycles. The lowest BCUT2D eigenvalue weighted by molar-refractivity contribution is -0.137. The van der Waals surface area contributed by atoms with Crippen molar-refractivity contribution in [1.82, 2.24) is 10.6 Å². The number of carbonyl (C=O) groups is 3. The minimum atomic E-state index is -4.43. The maximum absolute atomic E-state index is 12.9. The van der Waals surface area contributed by atoms with Gasteiger partial charge in [0.1, 0.15) is 12.6 Å². The molecule has 3 amide bonds. The van der Waals surface area contributed by atoms with Gasteiger partial charge >= 0.3 is 12.3 Å². The number of nitrogens with one attached hydrogen (secondary N) is 3. The molecule has 0 heterocycles. The zero-order chi connectivity index (χ0) is 28.1. The fourth-order valence-electron chi connectivity index (χ4n) is 3.69. The maximum atomic E-state index is 12.9. The van der Waals surface area contributed by atoms with Crippen LogP contribution in [0.2, 0.25) is 0 Å². The molecule has 1 atom stereocenters. The summed E-state index contributed by atoms with van der Waals surface area (Å²) in [5.74, 6) is -0.722. The summed E-state index contributed by atoms with van der Waals surface area (Å²) in [7, 11) is 0. The highest BCUT2D eigenvalue weighted by atomic mass is 19.4. The number of hydrogen-bond donors (Lipinski definition) is 3. The molecule has 3 aromatic rings. The number of ether oxygens (including phenoxy) is 1. The Balaban J connectivity index is 1.45. The summed E-state index contributed by atoms with van der Waals surface area (Å²) in [5.41, 5.74) is 1.10. The first kappa shape index (κ1) is 29.2. The largest absolute Gasteiger partial charge is 0.445 e. The minimum absolute atomic E-state index is 0.0466. The van der Waals surface area contributed by atoms with Crippen molar-refractivity contribution in [3.05, 3.63) is 102 Å². The first-order chi connectivity index (χ1) is 18.7. The van der Waals surface area contributed by atoms with Crippen LogP contribution in [0.3, 0.4) is 0 Å². The van der Waals surface area contributed by atoms with Crippen molar-refractivity contribution in [3.63, 3.8) is 0 Å². The zero-order valence-electron chi connectivity index (χ0n) is 21.2. The van der Waals surface area contributed by atoms with Gasteiger partial charge in [0, 0.05) is 12.2 Å². The summed E-state index contributed by atoms with van der Waals surface area (Å²) in [6.07, 6.45) is -3.87. The predicted molar refractivity (Wildman–Crippen MR) is 141 cm³/mol. The number of unbranched alkanes of at least 4 members (excludes halogenated alkanes) is 1. The van der Waals surface area contributed by atoms with Crippen LogP contribution in [0.15, 0.2) is 84.9 Å². The molecule has 0 aliphatic heterocycles. The Bertz CT molecular complexity index is 1200. The van der Waals surface area contributed by atoms with Gasteiger partial charge in [0.15, 0.2) is 0 Å². The quantitative estimate of drug-likeness (QED) is 0.265. The van der Waals surface area contributed by atoms with Crippen LogP contribution in [-0.2, 0) is 33.5 Å². The number of halogens is 3. The molecule has 0 aromatic heterocycles. The van der Waals surface area contributed by atoms with Crippen LogP contribution in [0.25, 0.3) is 0 Å². The third kappa shape index (κ3) is 10.5. The lowest BCUT2D eigenvalue weighted by Crippen LogP contribution is -2.44. The van der Waals surface area contributed by atoms with Crippen molar-refractivity contribution in [2.24, 2.45) is 0 Å². The average molecular weight is 542 g/mol. The number of alkyl halides is 3. The van der Waals surface area contributed by atoms with Crippen LogP contribution in [-0.4, -0.2) is 30.5 Å². The number of alkyl carbamates (subject to hydrolysis) is 1. The second-order valence-corrected chi connectivity index (χ2v) is 8.83. The molecule has 39 heavy (non-hydrogen) atoms. The van der Waals surface area contributed by atoms with E-state index >= 15 is 0 Å². The van der Waals surface area contributed by atoms with E-state index in [1.165, 1.54) is 12.1 Å². The first-order valence-corrected chi connectivity index (χ1v) is 12.5. The number of para-hydroxylation sites is 1. The number of amides is 3. The van der Waals surface area contributed by atoms with E-state index in [-0.39, 0.29) is 18.9 Å². The molecule has 3 N–H and O–H groups in total. The Kier molecular flexibility index (Phi) is 10.9. The molecule has 0 saturated carbocycles. The maximum Gasteiger partial charge on any atom is 0.416 e. The lowest BCUT2D eigenvalue weighted by Gasteiger charge is -2.18. The first-order valence-electron chi connectivity index (χ1n) is 12.5. The fourth-order valence-corrected chi connectivity index (χ4v) is 3.69. The van der Waals surface area contributed by atoms with Gasteiger partial charge in [-0.25, -0.2) is 4.79 Å².